The molecule has 0 N–H and O–H groups in total. The molecular formula is C13H12BrFO. The first kappa shape index (κ1) is 11.4. The van der Waals surface area contributed by atoms with Crippen molar-refractivity contribution in [2.75, 3.05) is 0 Å². The highest BCUT2D eigenvalue weighted by atomic mass is 79.9. The Labute approximate surface area is 102 Å². The first-order valence-electron chi connectivity index (χ1n) is 5.02. The van der Waals surface area contributed by atoms with Crippen LogP contribution < -0.4 is 0 Å². The van der Waals surface area contributed by atoms with Gasteiger partial charge in [0.25, 0.3) is 0 Å². The molecule has 1 aromatic carbocycles. The maximum absolute atomic E-state index is 13.2. The fourth-order valence-electron chi connectivity index (χ4n) is 1.91. The van der Waals surface area contributed by atoms with Gasteiger partial charge in [-0.05, 0) is 48.7 Å². The van der Waals surface area contributed by atoms with Crippen LogP contribution in [0.15, 0.2) is 35.1 Å². The van der Waals surface area contributed by atoms with Crippen molar-refractivity contribution in [2.24, 2.45) is 0 Å². The van der Waals surface area contributed by atoms with Crippen molar-refractivity contribution in [1.82, 2.24) is 0 Å². The van der Waals surface area contributed by atoms with Crippen LogP contribution in [0.1, 0.15) is 27.1 Å². The minimum atomic E-state index is -0.189. The van der Waals surface area contributed by atoms with Crippen molar-refractivity contribution in [3.63, 3.8) is 0 Å². The SMILES string of the molecule is Cc1cc(F)cc(C)c1C(Br)c1ccoc1. The minimum Gasteiger partial charge on any atom is -0.472 e. The van der Waals surface area contributed by atoms with Gasteiger partial charge in [0.1, 0.15) is 5.82 Å². The van der Waals surface area contributed by atoms with E-state index in [1.165, 1.54) is 0 Å². The van der Waals surface area contributed by atoms with E-state index in [0.717, 1.165) is 22.3 Å². The molecule has 2 rings (SSSR count). The molecule has 16 heavy (non-hydrogen) atoms. The van der Waals surface area contributed by atoms with Crippen molar-refractivity contribution in [3.8, 4) is 0 Å². The van der Waals surface area contributed by atoms with Crippen molar-refractivity contribution in [1.29, 1.82) is 0 Å². The fourth-order valence-corrected chi connectivity index (χ4v) is 2.89. The van der Waals surface area contributed by atoms with E-state index in [9.17, 15) is 4.39 Å². The molecule has 3 heteroatoms. The summed E-state index contributed by atoms with van der Waals surface area (Å²) in [6, 6.07) is 5.01. The van der Waals surface area contributed by atoms with E-state index >= 15 is 0 Å². The van der Waals surface area contributed by atoms with E-state index in [0.29, 0.717) is 0 Å². The molecule has 0 radical (unpaired) electrons. The quantitative estimate of drug-likeness (QED) is 0.738. The molecule has 0 fully saturated rings. The first-order valence-corrected chi connectivity index (χ1v) is 5.94. The van der Waals surface area contributed by atoms with E-state index in [1.54, 1.807) is 24.7 Å². The Morgan fingerprint density at radius 1 is 1.25 bits per heavy atom. The second kappa shape index (κ2) is 4.42. The van der Waals surface area contributed by atoms with Gasteiger partial charge in [0.15, 0.2) is 0 Å². The summed E-state index contributed by atoms with van der Waals surface area (Å²) in [6.07, 6.45) is 3.33. The van der Waals surface area contributed by atoms with E-state index in [2.05, 4.69) is 15.9 Å². The highest BCUT2D eigenvalue weighted by molar-refractivity contribution is 9.09. The van der Waals surface area contributed by atoms with Gasteiger partial charge in [-0.15, -0.1) is 0 Å². The average Bonchev–Trinajstić information content (AvgIpc) is 2.67. The smallest absolute Gasteiger partial charge is 0.123 e. The molecule has 0 spiro atoms. The summed E-state index contributed by atoms with van der Waals surface area (Å²) in [5.74, 6) is -0.189. The van der Waals surface area contributed by atoms with E-state index in [-0.39, 0.29) is 10.6 Å². The van der Waals surface area contributed by atoms with Gasteiger partial charge in [0, 0.05) is 5.56 Å². The third kappa shape index (κ3) is 2.05. The molecule has 1 unspecified atom stereocenters. The minimum absolute atomic E-state index is 0.0480. The lowest BCUT2D eigenvalue weighted by molar-refractivity contribution is 0.564. The molecule has 0 saturated heterocycles. The lowest BCUT2D eigenvalue weighted by Gasteiger charge is -2.15. The molecule has 0 aliphatic rings. The summed E-state index contributed by atoms with van der Waals surface area (Å²) in [7, 11) is 0. The van der Waals surface area contributed by atoms with Gasteiger partial charge >= 0.3 is 0 Å². The third-order valence-corrected chi connectivity index (χ3v) is 3.63. The maximum atomic E-state index is 13.2. The summed E-state index contributed by atoms with van der Waals surface area (Å²) >= 11 is 3.62. The highest BCUT2D eigenvalue weighted by Gasteiger charge is 2.16. The first-order chi connectivity index (χ1) is 7.59. The molecule has 0 saturated carbocycles. The number of hydrogen-bond donors (Lipinski definition) is 0. The van der Waals surface area contributed by atoms with Crippen molar-refractivity contribution < 1.29 is 8.81 Å². The van der Waals surface area contributed by atoms with Gasteiger partial charge in [-0.1, -0.05) is 15.9 Å². The Morgan fingerprint density at radius 3 is 2.38 bits per heavy atom. The normalized spacial score (nSPS) is 12.8. The third-order valence-electron chi connectivity index (χ3n) is 2.65. The largest absolute Gasteiger partial charge is 0.472 e. The highest BCUT2D eigenvalue weighted by Crippen LogP contribution is 2.35. The zero-order valence-corrected chi connectivity index (χ0v) is 10.7. The van der Waals surface area contributed by atoms with E-state index < -0.39 is 0 Å². The summed E-state index contributed by atoms with van der Waals surface area (Å²) < 4.78 is 18.2. The Bertz CT molecular complexity index is 468. The Hall–Kier alpha value is -1.09. The predicted octanol–water partition coefficient (Wildman–Crippen LogP) is 4.52. The van der Waals surface area contributed by atoms with Crippen molar-refractivity contribution >= 4 is 15.9 Å². The molecule has 0 aliphatic heterocycles. The van der Waals surface area contributed by atoms with Crippen LogP contribution in [0.2, 0.25) is 0 Å². The van der Waals surface area contributed by atoms with Gasteiger partial charge in [-0.2, -0.15) is 0 Å². The van der Waals surface area contributed by atoms with Crippen LogP contribution in [-0.4, -0.2) is 0 Å². The van der Waals surface area contributed by atoms with Gasteiger partial charge in [0.2, 0.25) is 0 Å². The molecular weight excluding hydrogens is 271 g/mol. The van der Waals surface area contributed by atoms with E-state index in [1.807, 2.05) is 19.9 Å². The number of alkyl halides is 1. The van der Waals surface area contributed by atoms with Gasteiger partial charge in [0.05, 0.1) is 17.4 Å². The molecule has 2 aromatic rings. The molecule has 1 aromatic heterocycles. The fraction of sp³-hybridized carbons (Fsp3) is 0.231. The van der Waals surface area contributed by atoms with Crippen molar-refractivity contribution in [3.05, 3.63) is 58.8 Å². The summed E-state index contributed by atoms with van der Waals surface area (Å²) in [5, 5.41) is 0. The molecule has 0 aliphatic carbocycles. The molecule has 0 amide bonds. The van der Waals surface area contributed by atoms with E-state index in [4.69, 9.17) is 4.42 Å². The van der Waals surface area contributed by atoms with Gasteiger partial charge in [-0.25, -0.2) is 4.39 Å². The van der Waals surface area contributed by atoms with Crippen molar-refractivity contribution in [2.45, 2.75) is 18.7 Å². The van der Waals surface area contributed by atoms with Gasteiger partial charge < -0.3 is 4.42 Å². The Kier molecular flexibility index (Phi) is 3.15. The van der Waals surface area contributed by atoms with Crippen LogP contribution in [0.4, 0.5) is 4.39 Å². The molecule has 1 nitrogen and oxygen atoms in total. The number of benzene rings is 1. The Morgan fingerprint density at radius 2 is 1.88 bits per heavy atom. The topological polar surface area (TPSA) is 13.1 Å². The summed E-state index contributed by atoms with van der Waals surface area (Å²) in [6.45, 7) is 3.83. The predicted molar refractivity (Wildman–Crippen MR) is 65.4 cm³/mol. The average molecular weight is 283 g/mol. The second-order valence-electron chi connectivity index (χ2n) is 3.87. The lowest BCUT2D eigenvalue weighted by Crippen LogP contribution is -1.99. The van der Waals surface area contributed by atoms with Crippen LogP contribution in [0, 0.1) is 19.7 Å². The number of hydrogen-bond acceptors (Lipinski definition) is 1. The van der Waals surface area contributed by atoms with Crippen LogP contribution in [0.3, 0.4) is 0 Å². The van der Waals surface area contributed by atoms with Gasteiger partial charge in [-0.3, -0.25) is 0 Å². The summed E-state index contributed by atoms with van der Waals surface area (Å²) in [4.78, 5) is 0.0480. The van der Waals surface area contributed by atoms with Crippen LogP contribution in [0.25, 0.3) is 0 Å². The second-order valence-corrected chi connectivity index (χ2v) is 4.79. The maximum Gasteiger partial charge on any atom is 0.123 e. The lowest BCUT2D eigenvalue weighted by atomic mass is 9.97. The van der Waals surface area contributed by atoms with Crippen LogP contribution in [-0.2, 0) is 0 Å². The zero-order valence-electron chi connectivity index (χ0n) is 9.13. The Balaban J connectivity index is 2.48. The molecule has 84 valence electrons. The summed E-state index contributed by atoms with van der Waals surface area (Å²) in [5.41, 5.74) is 4.03. The number of rotatable bonds is 2. The molecule has 0 bridgehead atoms. The standard InChI is InChI=1S/C13H12BrFO/c1-8-5-11(15)6-9(2)12(8)13(14)10-3-4-16-7-10/h3-7,13H,1-2H3. The molecule has 1 atom stereocenters. The number of aryl methyl sites for hydroxylation is 2. The van der Waals surface area contributed by atoms with Crippen LogP contribution >= 0.6 is 15.9 Å². The zero-order chi connectivity index (χ0) is 11.7. The monoisotopic (exact) mass is 282 g/mol. The van der Waals surface area contributed by atoms with Crippen LogP contribution in [0.5, 0.6) is 0 Å². The number of halogens is 2. The molecule has 1 heterocycles. The number of furan rings is 1.